The van der Waals surface area contributed by atoms with Gasteiger partial charge < -0.3 is 16.0 Å². The van der Waals surface area contributed by atoms with Gasteiger partial charge in [0.1, 0.15) is 17.8 Å². The lowest BCUT2D eigenvalue weighted by Gasteiger charge is -1.99. The summed E-state index contributed by atoms with van der Waals surface area (Å²) in [6.07, 6.45) is 1.39. The summed E-state index contributed by atoms with van der Waals surface area (Å²) in [5.41, 5.74) is 9.08. The van der Waals surface area contributed by atoms with Crippen molar-refractivity contribution in [2.45, 2.75) is 0 Å². The molecule has 9 heteroatoms. The average Bonchev–Trinajstić information content (AvgIpc) is 3.12. The number of hydrogen-bond acceptors (Lipinski definition) is 5. The first-order valence-electron chi connectivity index (χ1n) is 7.48. The van der Waals surface area contributed by atoms with E-state index in [1.54, 1.807) is 37.0 Å². The molecule has 4 N–H and O–H groups in total. The number of amides is 1. The summed E-state index contributed by atoms with van der Waals surface area (Å²) in [6.45, 7) is 0. The highest BCUT2D eigenvalue weighted by atomic mass is 35.5. The van der Waals surface area contributed by atoms with Crippen molar-refractivity contribution in [1.29, 1.82) is 0 Å². The number of carbonyl (C=O) groups is 1. The van der Waals surface area contributed by atoms with Gasteiger partial charge in [-0.1, -0.05) is 17.7 Å². The van der Waals surface area contributed by atoms with Crippen molar-refractivity contribution in [3.8, 4) is 11.4 Å². The van der Waals surface area contributed by atoms with E-state index in [-0.39, 0.29) is 5.91 Å². The van der Waals surface area contributed by atoms with Crippen LogP contribution in [0.1, 0.15) is 10.4 Å². The minimum absolute atomic E-state index is 0.171. The Morgan fingerprint density at radius 3 is 2.92 bits per heavy atom. The number of carbonyl (C=O) groups excluding carboxylic acids is 1. The summed E-state index contributed by atoms with van der Waals surface area (Å²) in [7, 11) is 3.36. The number of nitrogens with two attached hydrogens (primary N) is 1. The number of fused-ring (bicyclic) bond motifs is 2. The van der Waals surface area contributed by atoms with Crippen molar-refractivity contribution in [2.75, 3.05) is 12.8 Å². The van der Waals surface area contributed by atoms with Crippen molar-refractivity contribution in [2.24, 2.45) is 7.05 Å². The van der Waals surface area contributed by atoms with Gasteiger partial charge in [-0.3, -0.25) is 4.79 Å². The van der Waals surface area contributed by atoms with Gasteiger partial charge in [0, 0.05) is 30.6 Å². The molecule has 0 aliphatic rings. The third-order valence-electron chi connectivity index (χ3n) is 4.11. The summed E-state index contributed by atoms with van der Waals surface area (Å²) in [4.78, 5) is 23.3. The van der Waals surface area contributed by atoms with E-state index in [2.05, 4.69) is 25.4 Å². The highest BCUT2D eigenvalue weighted by molar-refractivity contribution is 6.38. The molecule has 25 heavy (non-hydrogen) atoms. The molecule has 0 fully saturated rings. The molecule has 0 bridgehead atoms. The number of aryl methyl sites for hydroxylation is 1. The first kappa shape index (κ1) is 15.4. The van der Waals surface area contributed by atoms with Gasteiger partial charge in [0.2, 0.25) is 0 Å². The van der Waals surface area contributed by atoms with Crippen molar-refractivity contribution in [3.05, 3.63) is 35.1 Å². The molecule has 0 unspecified atom stereocenters. The van der Waals surface area contributed by atoms with Gasteiger partial charge in [-0.25, -0.2) is 14.6 Å². The zero-order valence-electron chi connectivity index (χ0n) is 13.5. The lowest BCUT2D eigenvalue weighted by molar-refractivity contribution is 0.0963. The Morgan fingerprint density at radius 1 is 1.36 bits per heavy atom. The lowest BCUT2D eigenvalue weighted by atomic mass is 10.1. The number of hydrogen-bond donors (Lipinski definition) is 3. The van der Waals surface area contributed by atoms with Crippen LogP contribution >= 0.6 is 11.6 Å². The SMILES string of the molecule is CNC(=O)c1ccc2c(Cl)c(-c3nn(C)c4ncnc(N)c34)[nH]c2c1. The number of aromatic amines is 1. The number of anilines is 1. The van der Waals surface area contributed by atoms with E-state index in [0.29, 0.717) is 38.8 Å². The summed E-state index contributed by atoms with van der Waals surface area (Å²) < 4.78 is 1.63. The number of nitrogen functional groups attached to an aromatic ring is 1. The fourth-order valence-electron chi connectivity index (χ4n) is 2.90. The third kappa shape index (κ3) is 2.22. The topological polar surface area (TPSA) is 115 Å². The van der Waals surface area contributed by atoms with Crippen LogP contribution in [0.3, 0.4) is 0 Å². The van der Waals surface area contributed by atoms with E-state index in [9.17, 15) is 4.79 Å². The Bertz CT molecular complexity index is 1140. The molecule has 0 atom stereocenters. The van der Waals surface area contributed by atoms with Crippen molar-refractivity contribution >= 4 is 45.3 Å². The monoisotopic (exact) mass is 355 g/mol. The number of halogens is 1. The maximum atomic E-state index is 11.8. The molecule has 4 aromatic rings. The number of H-pyrrole nitrogens is 1. The first-order valence-corrected chi connectivity index (χ1v) is 7.86. The highest BCUT2D eigenvalue weighted by Gasteiger charge is 2.21. The summed E-state index contributed by atoms with van der Waals surface area (Å²) in [5, 5.41) is 9.01. The standard InChI is InChI=1S/C16H14ClN7O/c1-19-16(25)7-3-4-8-9(5-7)22-13(11(8)17)12-10-14(18)20-6-21-15(10)24(2)23-12/h3-6,22H,1-2H3,(H,19,25)(H2,18,20,21). The molecule has 8 nitrogen and oxygen atoms in total. The normalized spacial score (nSPS) is 11.3. The fraction of sp³-hybridized carbons (Fsp3) is 0.125. The van der Waals surface area contributed by atoms with Crippen LogP contribution in [0.15, 0.2) is 24.5 Å². The number of nitrogens with zero attached hydrogens (tertiary/aromatic N) is 4. The molecule has 0 saturated carbocycles. The zero-order chi connectivity index (χ0) is 17.7. The van der Waals surface area contributed by atoms with E-state index < -0.39 is 0 Å². The second kappa shape index (κ2) is 5.45. The van der Waals surface area contributed by atoms with E-state index >= 15 is 0 Å². The molecule has 0 aliphatic heterocycles. The molecule has 0 aliphatic carbocycles. The smallest absolute Gasteiger partial charge is 0.251 e. The Balaban J connectivity index is 1.99. The maximum Gasteiger partial charge on any atom is 0.251 e. The molecular formula is C16H14ClN7O. The quantitative estimate of drug-likeness (QED) is 0.509. The second-order valence-corrected chi connectivity index (χ2v) is 5.96. The summed E-state index contributed by atoms with van der Waals surface area (Å²) in [6, 6.07) is 5.26. The van der Waals surface area contributed by atoms with E-state index in [0.717, 1.165) is 10.9 Å². The zero-order valence-corrected chi connectivity index (χ0v) is 14.2. The van der Waals surface area contributed by atoms with Crippen LogP contribution in [0.25, 0.3) is 33.3 Å². The molecule has 0 saturated heterocycles. The number of nitrogens with one attached hydrogen (secondary N) is 2. The van der Waals surface area contributed by atoms with Crippen LogP contribution < -0.4 is 11.1 Å². The molecule has 1 aromatic carbocycles. The van der Waals surface area contributed by atoms with Gasteiger partial charge in [-0.2, -0.15) is 5.10 Å². The molecule has 3 aromatic heterocycles. The minimum Gasteiger partial charge on any atom is -0.383 e. The van der Waals surface area contributed by atoms with Gasteiger partial charge in [-0.05, 0) is 12.1 Å². The Labute approximate surface area is 147 Å². The molecular weight excluding hydrogens is 342 g/mol. The third-order valence-corrected chi connectivity index (χ3v) is 4.50. The lowest BCUT2D eigenvalue weighted by Crippen LogP contribution is -2.17. The van der Waals surface area contributed by atoms with Crippen molar-refractivity contribution in [1.82, 2.24) is 30.0 Å². The Kier molecular flexibility index (Phi) is 3.36. The predicted octanol–water partition coefficient (Wildman–Crippen LogP) is 2.11. The van der Waals surface area contributed by atoms with Crippen molar-refractivity contribution < 1.29 is 4.79 Å². The van der Waals surface area contributed by atoms with Gasteiger partial charge >= 0.3 is 0 Å². The van der Waals surface area contributed by atoms with Crippen LogP contribution in [0, 0.1) is 0 Å². The van der Waals surface area contributed by atoms with Gasteiger partial charge in [0.05, 0.1) is 16.1 Å². The van der Waals surface area contributed by atoms with E-state index in [4.69, 9.17) is 17.3 Å². The first-order chi connectivity index (χ1) is 12.0. The largest absolute Gasteiger partial charge is 0.383 e. The maximum absolute atomic E-state index is 11.8. The van der Waals surface area contributed by atoms with Crippen LogP contribution in [-0.2, 0) is 7.05 Å². The van der Waals surface area contributed by atoms with Crippen LogP contribution in [0.4, 0.5) is 5.82 Å². The molecule has 126 valence electrons. The number of aromatic nitrogens is 5. The summed E-state index contributed by atoms with van der Waals surface area (Å²) >= 11 is 6.56. The number of benzene rings is 1. The van der Waals surface area contributed by atoms with Crippen LogP contribution in [-0.4, -0.2) is 37.7 Å². The molecule has 3 heterocycles. The van der Waals surface area contributed by atoms with Crippen LogP contribution in [0.5, 0.6) is 0 Å². The Morgan fingerprint density at radius 2 is 2.16 bits per heavy atom. The van der Waals surface area contributed by atoms with Gasteiger partial charge in [-0.15, -0.1) is 0 Å². The average molecular weight is 356 g/mol. The summed E-state index contributed by atoms with van der Waals surface area (Å²) in [5.74, 6) is 0.156. The van der Waals surface area contributed by atoms with Crippen LogP contribution in [0.2, 0.25) is 5.02 Å². The van der Waals surface area contributed by atoms with E-state index in [1.165, 1.54) is 6.33 Å². The van der Waals surface area contributed by atoms with E-state index in [1.807, 2.05) is 0 Å². The van der Waals surface area contributed by atoms with Gasteiger partial charge in [0.15, 0.2) is 5.65 Å². The molecule has 0 spiro atoms. The molecule has 0 radical (unpaired) electrons. The van der Waals surface area contributed by atoms with Crippen molar-refractivity contribution in [3.63, 3.8) is 0 Å². The highest BCUT2D eigenvalue weighted by Crippen LogP contribution is 2.38. The molecule has 4 rings (SSSR count). The number of rotatable bonds is 2. The predicted molar refractivity (Wildman–Crippen MR) is 96.4 cm³/mol. The van der Waals surface area contributed by atoms with Gasteiger partial charge in [0.25, 0.3) is 5.91 Å². The molecule has 1 amide bonds. The fourth-order valence-corrected chi connectivity index (χ4v) is 3.20. The Hall–Kier alpha value is -3.13. The second-order valence-electron chi connectivity index (χ2n) is 5.58. The minimum atomic E-state index is -0.171.